The predicted octanol–water partition coefficient (Wildman–Crippen LogP) is 2.15. The number of likely N-dealkylation sites (N-methyl/N-ethyl adjacent to an activating group) is 1. The van der Waals surface area contributed by atoms with Crippen LogP contribution < -0.4 is 5.32 Å². The molecule has 6 nitrogen and oxygen atoms in total. The van der Waals surface area contributed by atoms with Crippen molar-refractivity contribution < 1.29 is 9.53 Å². The summed E-state index contributed by atoms with van der Waals surface area (Å²) in [5, 5.41) is 10.9. The molecule has 3 rings (SSSR count). The molecule has 0 aliphatic heterocycles. The Morgan fingerprint density at radius 2 is 2.32 bits per heavy atom. The fraction of sp³-hybridized carbons (Fsp3) is 0.800. The van der Waals surface area contributed by atoms with Crippen molar-refractivity contribution in [3.63, 3.8) is 0 Å². The van der Waals surface area contributed by atoms with Gasteiger partial charge in [-0.15, -0.1) is 10.2 Å². The van der Waals surface area contributed by atoms with E-state index >= 15 is 0 Å². The molecule has 0 radical (unpaired) electrons. The molecule has 2 aliphatic carbocycles. The predicted molar refractivity (Wildman–Crippen MR) is 85.9 cm³/mol. The molecule has 1 aromatic rings. The standard InChI is InChI=1S/C15H24N4O2S/c1-3-21-12-8-11(15(12)6-4-5-7-15)19(2)9-13(20)17-14-18-16-10-22-14/h10-12H,3-9H2,1-2H3,(H,17,18,20)/t11-,12-/m1/s1. The van der Waals surface area contributed by atoms with Gasteiger partial charge >= 0.3 is 0 Å². The highest BCUT2D eigenvalue weighted by atomic mass is 32.1. The number of carbonyl (C=O) groups is 1. The van der Waals surface area contributed by atoms with Crippen LogP contribution in [-0.4, -0.2) is 53.3 Å². The van der Waals surface area contributed by atoms with Gasteiger partial charge in [0, 0.05) is 18.1 Å². The zero-order valence-corrected chi connectivity index (χ0v) is 14.1. The van der Waals surface area contributed by atoms with E-state index in [-0.39, 0.29) is 11.3 Å². The number of ether oxygens (including phenoxy) is 1. The topological polar surface area (TPSA) is 67.3 Å². The number of carbonyl (C=O) groups excluding carboxylic acids is 1. The van der Waals surface area contributed by atoms with Crippen LogP contribution in [0, 0.1) is 5.41 Å². The van der Waals surface area contributed by atoms with Gasteiger partial charge in [-0.2, -0.15) is 0 Å². The van der Waals surface area contributed by atoms with Gasteiger partial charge in [-0.1, -0.05) is 24.2 Å². The van der Waals surface area contributed by atoms with E-state index < -0.39 is 0 Å². The molecule has 2 saturated carbocycles. The summed E-state index contributed by atoms with van der Waals surface area (Å²) in [6.45, 7) is 3.24. The van der Waals surface area contributed by atoms with Gasteiger partial charge in [0.2, 0.25) is 11.0 Å². The van der Waals surface area contributed by atoms with Crippen LogP contribution in [0.5, 0.6) is 0 Å². The lowest BCUT2D eigenvalue weighted by atomic mass is 9.60. The minimum absolute atomic E-state index is 0.0211. The van der Waals surface area contributed by atoms with Gasteiger partial charge in [-0.05, 0) is 33.2 Å². The van der Waals surface area contributed by atoms with E-state index in [0.717, 1.165) is 13.0 Å². The van der Waals surface area contributed by atoms with Crippen molar-refractivity contribution in [2.45, 2.75) is 51.2 Å². The van der Waals surface area contributed by atoms with Crippen molar-refractivity contribution >= 4 is 22.4 Å². The summed E-state index contributed by atoms with van der Waals surface area (Å²) in [4.78, 5) is 14.3. The SMILES string of the molecule is CCO[C@@H]1C[C@@H](N(C)CC(=O)Nc2nncs2)C12CCCC2. The molecular formula is C15H24N4O2S. The molecule has 22 heavy (non-hydrogen) atoms. The average molecular weight is 324 g/mol. The molecule has 0 aromatic carbocycles. The molecule has 2 aliphatic rings. The highest BCUT2D eigenvalue weighted by Crippen LogP contribution is 2.56. The van der Waals surface area contributed by atoms with Crippen molar-refractivity contribution in [1.29, 1.82) is 0 Å². The van der Waals surface area contributed by atoms with Crippen LogP contribution in [0.2, 0.25) is 0 Å². The maximum absolute atomic E-state index is 12.1. The van der Waals surface area contributed by atoms with Gasteiger partial charge in [0.05, 0.1) is 12.6 Å². The molecule has 7 heteroatoms. The first kappa shape index (κ1) is 15.8. The lowest BCUT2D eigenvalue weighted by Crippen LogP contribution is -2.63. The Balaban J connectivity index is 1.58. The van der Waals surface area contributed by atoms with Gasteiger partial charge in [-0.3, -0.25) is 15.0 Å². The molecule has 0 bridgehead atoms. The Kier molecular flexibility index (Phi) is 4.75. The molecule has 1 heterocycles. The molecule has 1 aromatic heterocycles. The van der Waals surface area contributed by atoms with Crippen LogP contribution in [0.25, 0.3) is 0 Å². The lowest BCUT2D eigenvalue weighted by Gasteiger charge is -2.57. The minimum Gasteiger partial charge on any atom is -0.378 e. The van der Waals surface area contributed by atoms with Crippen LogP contribution in [-0.2, 0) is 9.53 Å². The molecular weight excluding hydrogens is 300 g/mol. The maximum atomic E-state index is 12.1. The van der Waals surface area contributed by atoms with Gasteiger partial charge in [-0.25, -0.2) is 0 Å². The fourth-order valence-corrected chi connectivity index (χ4v) is 4.65. The van der Waals surface area contributed by atoms with E-state index in [1.807, 2.05) is 7.05 Å². The van der Waals surface area contributed by atoms with Crippen molar-refractivity contribution in [2.24, 2.45) is 5.41 Å². The third kappa shape index (κ3) is 2.89. The van der Waals surface area contributed by atoms with Gasteiger partial charge in [0.15, 0.2) is 0 Å². The highest BCUT2D eigenvalue weighted by molar-refractivity contribution is 7.13. The normalized spacial score (nSPS) is 26.3. The van der Waals surface area contributed by atoms with Crippen molar-refractivity contribution in [2.75, 3.05) is 25.5 Å². The van der Waals surface area contributed by atoms with Crippen LogP contribution in [0.15, 0.2) is 5.51 Å². The molecule has 1 amide bonds. The van der Waals surface area contributed by atoms with E-state index in [0.29, 0.717) is 23.8 Å². The average Bonchev–Trinajstić information content (AvgIpc) is 3.14. The Labute approximate surface area is 135 Å². The van der Waals surface area contributed by atoms with Gasteiger partial charge in [0.25, 0.3) is 0 Å². The summed E-state index contributed by atoms with van der Waals surface area (Å²) in [7, 11) is 2.05. The van der Waals surface area contributed by atoms with Gasteiger partial charge in [0.1, 0.15) is 5.51 Å². The lowest BCUT2D eigenvalue weighted by molar-refractivity contribution is -0.162. The second-order valence-corrected chi connectivity index (χ2v) is 7.18. The van der Waals surface area contributed by atoms with Crippen molar-refractivity contribution in [3.8, 4) is 0 Å². The number of nitrogens with one attached hydrogen (secondary N) is 1. The first-order valence-corrected chi connectivity index (χ1v) is 8.91. The Bertz CT molecular complexity index is 502. The summed E-state index contributed by atoms with van der Waals surface area (Å²) >= 11 is 1.34. The quantitative estimate of drug-likeness (QED) is 0.868. The summed E-state index contributed by atoms with van der Waals surface area (Å²) in [6.07, 6.45) is 6.43. The Morgan fingerprint density at radius 1 is 1.55 bits per heavy atom. The Hall–Kier alpha value is -1.05. The van der Waals surface area contributed by atoms with Crippen LogP contribution in [0.1, 0.15) is 39.0 Å². The summed E-state index contributed by atoms with van der Waals surface area (Å²) in [6, 6.07) is 0.451. The number of aromatic nitrogens is 2. The molecule has 2 fully saturated rings. The second-order valence-electron chi connectivity index (χ2n) is 6.34. The summed E-state index contributed by atoms with van der Waals surface area (Å²) < 4.78 is 5.94. The van der Waals surface area contributed by atoms with Crippen molar-refractivity contribution in [3.05, 3.63) is 5.51 Å². The number of amides is 1. The second kappa shape index (κ2) is 6.60. The molecule has 0 saturated heterocycles. The number of nitrogens with zero attached hydrogens (tertiary/aromatic N) is 3. The summed E-state index contributed by atoms with van der Waals surface area (Å²) in [5.41, 5.74) is 1.89. The fourth-order valence-electron chi connectivity index (χ4n) is 4.19. The van der Waals surface area contributed by atoms with E-state index in [2.05, 4.69) is 27.3 Å². The molecule has 2 atom stereocenters. The number of hydrogen-bond acceptors (Lipinski definition) is 6. The Morgan fingerprint density at radius 3 is 2.95 bits per heavy atom. The minimum atomic E-state index is -0.0211. The molecule has 0 unspecified atom stereocenters. The third-order valence-electron chi connectivity index (χ3n) is 5.18. The van der Waals surface area contributed by atoms with Crippen LogP contribution in [0.4, 0.5) is 5.13 Å². The smallest absolute Gasteiger partial charge is 0.240 e. The maximum Gasteiger partial charge on any atom is 0.240 e. The zero-order chi connectivity index (χ0) is 15.6. The van der Waals surface area contributed by atoms with E-state index in [1.54, 1.807) is 5.51 Å². The molecule has 122 valence electrons. The first-order chi connectivity index (χ1) is 10.7. The number of anilines is 1. The van der Waals surface area contributed by atoms with Gasteiger partial charge < -0.3 is 4.74 Å². The van der Waals surface area contributed by atoms with Crippen LogP contribution >= 0.6 is 11.3 Å². The zero-order valence-electron chi connectivity index (χ0n) is 13.2. The number of hydrogen-bond donors (Lipinski definition) is 1. The first-order valence-electron chi connectivity index (χ1n) is 8.03. The monoisotopic (exact) mass is 324 g/mol. The molecule has 1 N–H and O–H groups in total. The van der Waals surface area contributed by atoms with E-state index in [4.69, 9.17) is 4.74 Å². The summed E-state index contributed by atoms with van der Waals surface area (Å²) in [5.74, 6) is -0.0211. The van der Waals surface area contributed by atoms with Crippen LogP contribution in [0.3, 0.4) is 0 Å². The molecule has 1 spiro atoms. The largest absolute Gasteiger partial charge is 0.378 e. The van der Waals surface area contributed by atoms with E-state index in [1.165, 1.54) is 37.0 Å². The highest BCUT2D eigenvalue weighted by Gasteiger charge is 2.57. The van der Waals surface area contributed by atoms with E-state index in [9.17, 15) is 4.79 Å². The van der Waals surface area contributed by atoms with Crippen molar-refractivity contribution in [1.82, 2.24) is 15.1 Å². The third-order valence-corrected chi connectivity index (χ3v) is 5.78. The number of rotatable bonds is 6.